The van der Waals surface area contributed by atoms with Crippen molar-refractivity contribution < 1.29 is 65.9 Å². The Hall–Kier alpha value is -3.82. The van der Waals surface area contributed by atoms with Crippen molar-refractivity contribution in [2.45, 2.75) is 96.0 Å². The zero-order chi connectivity index (χ0) is 54.8. The first-order chi connectivity index (χ1) is 33.2. The van der Waals surface area contributed by atoms with Crippen LogP contribution in [-0.4, -0.2) is 32.3 Å². The van der Waals surface area contributed by atoms with Crippen LogP contribution in [0, 0.1) is 87.3 Å². The third-order valence-electron chi connectivity index (χ3n) is 13.6. The summed E-state index contributed by atoms with van der Waals surface area (Å²) < 4.78 is 243. The molecule has 0 saturated carbocycles. The Morgan fingerprint density at radius 3 is 1.03 bits per heavy atom. The number of alkyl halides is 4. The van der Waals surface area contributed by atoms with E-state index in [4.69, 9.17) is 46.4 Å². The minimum Gasteiger partial charge on any atom is -0.207 e. The van der Waals surface area contributed by atoms with E-state index in [9.17, 15) is 4.39 Å². The van der Waals surface area contributed by atoms with Crippen LogP contribution in [0.1, 0.15) is 91.8 Å². The van der Waals surface area contributed by atoms with Crippen molar-refractivity contribution in [2.24, 2.45) is 0 Å². The zero-order valence-electron chi connectivity index (χ0n) is 39.8. The van der Waals surface area contributed by atoms with Gasteiger partial charge in [-0.25, -0.2) is 65.9 Å². The summed E-state index contributed by atoms with van der Waals surface area (Å²) in [5.41, 5.74) is -8.17. The lowest BCUT2D eigenvalue weighted by atomic mass is 9.14. The molecule has 0 aromatic heterocycles. The fourth-order valence-electron chi connectivity index (χ4n) is 12.5. The topological polar surface area (TPSA) is 0 Å². The number of halogens is 19. The monoisotopic (exact) mass is 1120 g/mol. The second-order valence-electron chi connectivity index (χ2n) is 20.1. The van der Waals surface area contributed by atoms with Crippen molar-refractivity contribution in [3.8, 4) is 11.1 Å². The van der Waals surface area contributed by atoms with Crippen LogP contribution in [0.5, 0.6) is 0 Å². The van der Waals surface area contributed by atoms with Crippen LogP contribution in [0.4, 0.5) is 65.9 Å². The molecule has 1 heterocycles. The van der Waals surface area contributed by atoms with Gasteiger partial charge < -0.3 is 0 Å². The Balaban J connectivity index is 0.00000153. The molecule has 1 aliphatic carbocycles. The molecule has 0 N–H and O–H groups in total. The molecule has 72 heavy (non-hydrogen) atoms. The molecule has 0 fully saturated rings. The molecule has 7 rings (SSSR count). The van der Waals surface area contributed by atoms with Crippen LogP contribution in [0.15, 0.2) is 65.9 Å². The molecule has 2 aliphatic rings. The molecule has 0 saturated heterocycles. The van der Waals surface area contributed by atoms with Crippen LogP contribution < -0.4 is 10.9 Å². The van der Waals surface area contributed by atoms with Crippen molar-refractivity contribution in [1.29, 1.82) is 0 Å². The van der Waals surface area contributed by atoms with E-state index in [1.54, 1.807) is 111 Å². The fourth-order valence-corrected chi connectivity index (χ4v) is 22.1. The molecule has 0 radical (unpaired) electrons. The number of benzene rings is 5. The summed E-state index contributed by atoms with van der Waals surface area (Å²) >= 11 is 19.1. The molecule has 1 aliphatic heterocycles. The maximum Gasteiger partial charge on any atom is 0.200 e. The van der Waals surface area contributed by atoms with Crippen molar-refractivity contribution in [2.75, 3.05) is 10.7 Å². The van der Waals surface area contributed by atoms with E-state index < -0.39 is 156 Å². The van der Waals surface area contributed by atoms with Crippen molar-refractivity contribution >= 4 is 76.2 Å². The summed E-state index contributed by atoms with van der Waals surface area (Å²) in [5, 5.41) is -3.12. The minimum atomic E-state index is -5.56. The smallest absolute Gasteiger partial charge is 0.200 e. The highest BCUT2D eigenvalue weighted by molar-refractivity contribution is 7.83. The molecule has 390 valence electrons. The van der Waals surface area contributed by atoms with E-state index >= 15 is 61.5 Å². The molecule has 0 amide bonds. The van der Waals surface area contributed by atoms with Gasteiger partial charge in [0.15, 0.2) is 58.2 Å². The maximum atomic E-state index is 17.2. The highest BCUT2D eigenvalue weighted by Gasteiger charge is 2.68. The summed E-state index contributed by atoms with van der Waals surface area (Å²) in [7, 11) is -3.65. The summed E-state index contributed by atoms with van der Waals surface area (Å²) in [6, 6.07) is 13.4. The van der Waals surface area contributed by atoms with E-state index in [1.807, 2.05) is 0 Å². The van der Waals surface area contributed by atoms with Gasteiger partial charge in [0.25, 0.3) is 0 Å². The summed E-state index contributed by atoms with van der Waals surface area (Å²) in [4.78, 5) is 0. The van der Waals surface area contributed by atoms with E-state index in [0.29, 0.717) is 34.3 Å². The normalized spacial score (nSPS) is 16.8. The van der Waals surface area contributed by atoms with Crippen molar-refractivity contribution in [1.82, 2.24) is 0 Å². The maximum absolute atomic E-state index is 17.2. The Labute approximate surface area is 427 Å². The van der Waals surface area contributed by atoms with Gasteiger partial charge in [-0.15, -0.1) is 63.4 Å². The predicted molar refractivity (Wildman–Crippen MR) is 261 cm³/mol. The average molecular weight is 1130 g/mol. The highest BCUT2D eigenvalue weighted by Crippen LogP contribution is 2.89. The molecular formula is C51H45BCl4F15P. The van der Waals surface area contributed by atoms with Gasteiger partial charge in [-0.1, -0.05) is 48.5 Å². The van der Waals surface area contributed by atoms with Gasteiger partial charge in [0.05, 0.1) is 33.4 Å². The van der Waals surface area contributed by atoms with Crippen molar-refractivity contribution in [3.63, 3.8) is 0 Å². The number of rotatable bonds is 4. The van der Waals surface area contributed by atoms with Gasteiger partial charge >= 0.3 is 0 Å². The van der Waals surface area contributed by atoms with E-state index in [0.717, 1.165) is 0 Å². The highest BCUT2D eigenvalue weighted by atomic mass is 35.5. The number of allylic oxidation sites excluding steroid dienone is 2. The second kappa shape index (κ2) is 21.1. The van der Waals surface area contributed by atoms with Crippen LogP contribution >= 0.6 is 53.7 Å². The molecule has 0 nitrogen and oxygen atoms in total. The predicted octanol–water partition coefficient (Wildman–Crippen LogP) is 17.4. The lowest BCUT2D eigenvalue weighted by molar-refractivity contribution is 0.376. The first kappa shape index (κ1) is 59.1. The zero-order valence-corrected chi connectivity index (χ0v) is 43.7. The van der Waals surface area contributed by atoms with Crippen LogP contribution in [0.3, 0.4) is 0 Å². The molecule has 0 unspecified atom stereocenters. The molecule has 1 spiro atoms. The van der Waals surface area contributed by atoms with E-state index in [1.165, 1.54) is 0 Å². The molecule has 21 heteroatoms. The molecule has 5 aromatic rings. The number of hydrogen-bond donors (Lipinski definition) is 0. The fraction of sp³-hybridized carbons (Fsp3) is 0.333. The van der Waals surface area contributed by atoms with Crippen LogP contribution in [-0.2, 0) is 5.41 Å². The summed E-state index contributed by atoms with van der Waals surface area (Å²) in [6.07, 6.45) is -6.17. The first-order valence-electron chi connectivity index (χ1n) is 21.7. The van der Waals surface area contributed by atoms with Gasteiger partial charge in [0.1, 0.15) is 29.4 Å². The minimum absolute atomic E-state index is 0.121. The Morgan fingerprint density at radius 1 is 0.444 bits per heavy atom. The van der Waals surface area contributed by atoms with Gasteiger partial charge in [0.2, 0.25) is 5.82 Å². The Morgan fingerprint density at radius 2 is 0.722 bits per heavy atom. The quantitative estimate of drug-likeness (QED) is 0.0420. The Kier molecular flexibility index (Phi) is 17.3. The summed E-state index contributed by atoms with van der Waals surface area (Å²) in [6.45, 7) is 15.6. The Bertz CT molecular complexity index is 2770. The van der Waals surface area contributed by atoms with Crippen LogP contribution in [0.25, 0.3) is 16.6 Å². The molecular weight excluding hydrogens is 1080 g/mol. The number of hydrogen-bond acceptors (Lipinski definition) is 0. The third-order valence-corrected chi connectivity index (χ3v) is 20.8. The largest absolute Gasteiger partial charge is 0.207 e. The molecule has 0 atom stereocenters. The first-order valence-corrected chi connectivity index (χ1v) is 25.6. The van der Waals surface area contributed by atoms with Gasteiger partial charge in [-0.05, 0) is 91.0 Å². The lowest BCUT2D eigenvalue weighted by Gasteiger charge is -2.58. The van der Waals surface area contributed by atoms with E-state index in [-0.39, 0.29) is 16.0 Å². The SMILES string of the molecule is CC(C)(C)[P+](/C1=C/[B-](c2c(F)c(F)c(F)c(F)c2F)(c2c(F)c(F)c(F)c(F)c2F)/C(c2c(F)c(F)c(F)c(F)c2F)=C\CC2(C1)c1ccccc1-c1ccccc12)(C(C)(C)C)C(C)(C)C.ClCCl.ClCCl. The van der Waals surface area contributed by atoms with Gasteiger partial charge in [-0.3, -0.25) is 0 Å². The third kappa shape index (κ3) is 8.96. The number of fused-ring (bicyclic) bond motifs is 5. The van der Waals surface area contributed by atoms with Crippen LogP contribution in [0.2, 0.25) is 0 Å². The standard InChI is InChI=1S/C49H41BF15P.2CH2Cl2/c1-46(2,3)66(47(4,5)6,48(7,8)9)22-20-49(25-16-12-10-14-23(25)24-15-11-13-17-26(24)49)19-18-27(28-31(51)37(57)43(63)38(58)32(28)52)50(21-22,29-33(53)39(59)44(64)40(60)34(29)54)30-35(55)41(61)45(65)42(62)36(30)56;2*2-1-3/h10-18,21H,19-20H2,1-9H3;2*1H2/b22-21+,27-18-;;. The van der Waals surface area contributed by atoms with E-state index in [2.05, 4.69) is 0 Å². The van der Waals surface area contributed by atoms with Crippen molar-refractivity contribution in [3.05, 3.63) is 170 Å². The average Bonchev–Trinajstić information content (AvgIpc) is 3.56. The summed E-state index contributed by atoms with van der Waals surface area (Å²) in [5.74, 6) is -42.2. The van der Waals surface area contributed by atoms with Gasteiger partial charge in [0, 0.05) is 22.7 Å². The molecule has 0 bridgehead atoms. The second-order valence-corrected chi connectivity index (χ2v) is 27.7. The van der Waals surface area contributed by atoms with Gasteiger partial charge in [-0.2, -0.15) is 11.4 Å². The lowest BCUT2D eigenvalue weighted by Crippen LogP contribution is -2.65. The molecule has 5 aromatic carbocycles.